The highest BCUT2D eigenvalue weighted by Crippen LogP contribution is 2.15. The fourth-order valence-electron chi connectivity index (χ4n) is 1.12. The van der Waals surface area contributed by atoms with Crippen molar-refractivity contribution in [3.63, 3.8) is 0 Å². The molecule has 2 nitrogen and oxygen atoms in total. The van der Waals surface area contributed by atoms with Crippen molar-refractivity contribution in [1.82, 2.24) is 4.98 Å². The van der Waals surface area contributed by atoms with Crippen LogP contribution in [0.1, 0.15) is 18.2 Å². The molecule has 0 aliphatic carbocycles. The van der Waals surface area contributed by atoms with E-state index in [0.717, 1.165) is 22.2 Å². The van der Waals surface area contributed by atoms with Gasteiger partial charge in [0.25, 0.3) is 0 Å². The second kappa shape index (κ2) is 4.38. The Balaban J connectivity index is 2.85. The molecule has 1 heterocycles. The van der Waals surface area contributed by atoms with E-state index in [0.29, 0.717) is 0 Å². The summed E-state index contributed by atoms with van der Waals surface area (Å²) in [6.07, 6.45) is 2.50. The zero-order valence-corrected chi connectivity index (χ0v) is 9.30. The molecule has 68 valence electrons. The van der Waals surface area contributed by atoms with E-state index in [1.807, 2.05) is 19.9 Å². The maximum atomic E-state index is 8.65. The number of nitrogens with zero attached hydrogens (tertiary/aromatic N) is 2. The number of nitriles is 1. The summed E-state index contributed by atoms with van der Waals surface area (Å²) < 4.78 is 0.985. The van der Waals surface area contributed by atoms with Crippen molar-refractivity contribution < 1.29 is 0 Å². The number of aromatic nitrogens is 1. The summed E-state index contributed by atoms with van der Waals surface area (Å²) in [5.41, 5.74) is 2.15. The molecule has 0 bridgehead atoms. The SMILES string of the molecule is Cc1cc(Br)cnc1CC(C)C#N. The quantitative estimate of drug-likeness (QED) is 0.795. The van der Waals surface area contributed by atoms with Gasteiger partial charge in [0.1, 0.15) is 0 Å². The molecule has 0 N–H and O–H groups in total. The Morgan fingerprint density at radius 2 is 2.38 bits per heavy atom. The van der Waals surface area contributed by atoms with E-state index in [-0.39, 0.29) is 5.92 Å². The Morgan fingerprint density at radius 1 is 1.69 bits per heavy atom. The van der Waals surface area contributed by atoms with E-state index in [1.54, 1.807) is 6.20 Å². The van der Waals surface area contributed by atoms with Gasteiger partial charge in [-0.25, -0.2) is 0 Å². The lowest BCUT2D eigenvalue weighted by Gasteiger charge is -2.05. The first kappa shape index (κ1) is 10.2. The molecule has 0 aliphatic rings. The first-order valence-corrected chi connectivity index (χ1v) is 4.93. The van der Waals surface area contributed by atoms with Gasteiger partial charge in [-0.2, -0.15) is 5.26 Å². The van der Waals surface area contributed by atoms with Crippen LogP contribution in [0.15, 0.2) is 16.7 Å². The second-order valence-electron chi connectivity index (χ2n) is 3.15. The third kappa shape index (κ3) is 2.82. The number of pyridine rings is 1. The Bertz CT molecular complexity index is 341. The van der Waals surface area contributed by atoms with Gasteiger partial charge in [0.15, 0.2) is 0 Å². The molecule has 1 aromatic rings. The Hall–Kier alpha value is -0.880. The predicted octanol–water partition coefficient (Wildman–Crippen LogP) is 2.85. The Morgan fingerprint density at radius 3 is 2.92 bits per heavy atom. The van der Waals surface area contributed by atoms with Crippen LogP contribution in [0.5, 0.6) is 0 Å². The molecule has 1 atom stereocenters. The lowest BCUT2D eigenvalue weighted by Crippen LogP contribution is -2.01. The number of hydrogen-bond donors (Lipinski definition) is 0. The average Bonchev–Trinajstić information content (AvgIpc) is 2.09. The van der Waals surface area contributed by atoms with Crippen LogP contribution in [0.3, 0.4) is 0 Å². The Labute approximate surface area is 86.7 Å². The highest BCUT2D eigenvalue weighted by Gasteiger charge is 2.05. The highest BCUT2D eigenvalue weighted by atomic mass is 79.9. The molecule has 0 spiro atoms. The first-order valence-electron chi connectivity index (χ1n) is 4.14. The van der Waals surface area contributed by atoms with Crippen molar-refractivity contribution in [3.05, 3.63) is 28.0 Å². The molecule has 0 saturated carbocycles. The molecular weight excluding hydrogens is 228 g/mol. The molecule has 0 aromatic carbocycles. The van der Waals surface area contributed by atoms with Crippen LogP contribution >= 0.6 is 15.9 Å². The lowest BCUT2D eigenvalue weighted by molar-refractivity contribution is 0.716. The zero-order chi connectivity index (χ0) is 9.84. The first-order chi connectivity index (χ1) is 6.13. The van der Waals surface area contributed by atoms with Crippen LogP contribution in [0.25, 0.3) is 0 Å². The van der Waals surface area contributed by atoms with Crippen molar-refractivity contribution in [1.29, 1.82) is 5.26 Å². The largest absolute Gasteiger partial charge is 0.260 e. The molecule has 0 amide bonds. The maximum absolute atomic E-state index is 8.65. The van der Waals surface area contributed by atoms with Gasteiger partial charge in [-0.05, 0) is 41.4 Å². The third-order valence-corrected chi connectivity index (χ3v) is 2.31. The van der Waals surface area contributed by atoms with Crippen molar-refractivity contribution in [3.8, 4) is 6.07 Å². The Kier molecular flexibility index (Phi) is 3.44. The second-order valence-corrected chi connectivity index (χ2v) is 4.07. The van der Waals surface area contributed by atoms with Gasteiger partial charge in [0.2, 0.25) is 0 Å². The average molecular weight is 239 g/mol. The molecule has 0 saturated heterocycles. The standard InChI is InChI=1S/C10H11BrN2/c1-7(5-12)3-10-8(2)4-9(11)6-13-10/h4,6-7H,3H2,1-2H3. The van der Waals surface area contributed by atoms with E-state index < -0.39 is 0 Å². The van der Waals surface area contributed by atoms with Crippen LogP contribution in [0.2, 0.25) is 0 Å². The molecule has 0 radical (unpaired) electrons. The molecule has 13 heavy (non-hydrogen) atoms. The minimum absolute atomic E-state index is 0.0346. The van der Waals surface area contributed by atoms with Crippen LogP contribution in [0, 0.1) is 24.2 Å². The number of halogens is 1. The van der Waals surface area contributed by atoms with Gasteiger partial charge < -0.3 is 0 Å². The monoisotopic (exact) mass is 238 g/mol. The fourth-order valence-corrected chi connectivity index (χ4v) is 1.56. The van der Waals surface area contributed by atoms with Gasteiger partial charge in [-0.15, -0.1) is 0 Å². The van der Waals surface area contributed by atoms with Crippen molar-refractivity contribution in [2.75, 3.05) is 0 Å². The van der Waals surface area contributed by atoms with Gasteiger partial charge in [-0.3, -0.25) is 4.98 Å². The van der Waals surface area contributed by atoms with E-state index in [9.17, 15) is 0 Å². The van der Waals surface area contributed by atoms with Crippen LogP contribution in [-0.4, -0.2) is 4.98 Å². The summed E-state index contributed by atoms with van der Waals surface area (Å²) in [6.45, 7) is 3.92. The molecular formula is C10H11BrN2. The van der Waals surface area contributed by atoms with E-state index in [4.69, 9.17) is 5.26 Å². The fraction of sp³-hybridized carbons (Fsp3) is 0.400. The summed E-state index contributed by atoms with van der Waals surface area (Å²) in [7, 11) is 0. The van der Waals surface area contributed by atoms with Gasteiger partial charge >= 0.3 is 0 Å². The minimum Gasteiger partial charge on any atom is -0.260 e. The molecule has 3 heteroatoms. The van der Waals surface area contributed by atoms with Gasteiger partial charge in [-0.1, -0.05) is 0 Å². The number of rotatable bonds is 2. The van der Waals surface area contributed by atoms with Crippen molar-refractivity contribution in [2.45, 2.75) is 20.3 Å². The van der Waals surface area contributed by atoms with Crippen molar-refractivity contribution >= 4 is 15.9 Å². The van der Waals surface area contributed by atoms with Crippen LogP contribution in [-0.2, 0) is 6.42 Å². The predicted molar refractivity (Wildman–Crippen MR) is 55.2 cm³/mol. The smallest absolute Gasteiger partial charge is 0.0656 e. The molecule has 1 aromatic heterocycles. The number of aryl methyl sites for hydroxylation is 1. The lowest BCUT2D eigenvalue weighted by atomic mass is 10.0. The van der Waals surface area contributed by atoms with Crippen LogP contribution in [0.4, 0.5) is 0 Å². The molecule has 1 unspecified atom stereocenters. The summed E-state index contributed by atoms with van der Waals surface area (Å²) in [5.74, 6) is 0.0346. The minimum atomic E-state index is 0.0346. The summed E-state index contributed by atoms with van der Waals surface area (Å²) in [6, 6.07) is 4.22. The summed E-state index contributed by atoms with van der Waals surface area (Å²) >= 11 is 3.35. The van der Waals surface area contributed by atoms with Gasteiger partial charge in [0.05, 0.1) is 6.07 Å². The zero-order valence-electron chi connectivity index (χ0n) is 7.71. The van der Waals surface area contributed by atoms with Crippen LogP contribution < -0.4 is 0 Å². The normalized spacial score (nSPS) is 12.2. The number of hydrogen-bond acceptors (Lipinski definition) is 2. The van der Waals surface area contributed by atoms with E-state index >= 15 is 0 Å². The molecule has 1 rings (SSSR count). The third-order valence-electron chi connectivity index (χ3n) is 1.87. The molecule has 0 fully saturated rings. The van der Waals surface area contributed by atoms with Crippen molar-refractivity contribution in [2.24, 2.45) is 5.92 Å². The molecule has 0 aliphatic heterocycles. The highest BCUT2D eigenvalue weighted by molar-refractivity contribution is 9.10. The van der Waals surface area contributed by atoms with E-state index in [2.05, 4.69) is 27.0 Å². The topological polar surface area (TPSA) is 36.7 Å². The summed E-state index contributed by atoms with van der Waals surface area (Å²) in [5, 5.41) is 8.65. The van der Waals surface area contributed by atoms with E-state index in [1.165, 1.54) is 0 Å². The van der Waals surface area contributed by atoms with Gasteiger partial charge in [0, 0.05) is 28.7 Å². The maximum Gasteiger partial charge on any atom is 0.0656 e. The summed E-state index contributed by atoms with van der Waals surface area (Å²) in [4.78, 5) is 4.27.